The molecule has 0 saturated heterocycles. The van der Waals surface area contributed by atoms with E-state index in [4.69, 9.17) is 0 Å². The summed E-state index contributed by atoms with van der Waals surface area (Å²) in [4.78, 5) is 0. The lowest BCUT2D eigenvalue weighted by Crippen LogP contribution is -2.36. The molecule has 2 aromatic rings. The number of benzene rings is 2. The van der Waals surface area contributed by atoms with Crippen LogP contribution in [-0.4, -0.2) is 11.7 Å². The molecule has 2 aromatic carbocycles. The Morgan fingerprint density at radius 2 is 2.00 bits per heavy atom. The number of aliphatic hydroxyl groups is 1. The van der Waals surface area contributed by atoms with E-state index in [9.17, 15) is 9.50 Å². The fraction of sp³-hybridized carbons (Fsp3) is 0.250. The molecule has 4 heteroatoms. The maximum Gasteiger partial charge on any atom is 0.124 e. The topological polar surface area (TPSA) is 32.3 Å². The largest absolute Gasteiger partial charge is 0.394 e. The molecule has 0 aromatic heterocycles. The third-order valence-electron chi connectivity index (χ3n) is 3.28. The fourth-order valence-corrected chi connectivity index (χ4v) is 2.96. The summed E-state index contributed by atoms with van der Waals surface area (Å²) in [6.07, 6.45) is 0. The summed E-state index contributed by atoms with van der Waals surface area (Å²) in [7, 11) is 0. The van der Waals surface area contributed by atoms with Crippen LogP contribution in [0.3, 0.4) is 0 Å². The first kappa shape index (κ1) is 15.0. The molecule has 0 aliphatic heterocycles. The van der Waals surface area contributed by atoms with Crippen molar-refractivity contribution in [2.75, 3.05) is 11.9 Å². The van der Waals surface area contributed by atoms with E-state index in [0.717, 1.165) is 16.8 Å². The van der Waals surface area contributed by atoms with E-state index in [2.05, 4.69) is 21.2 Å². The Balaban J connectivity index is 2.38. The van der Waals surface area contributed by atoms with E-state index < -0.39 is 5.54 Å². The van der Waals surface area contributed by atoms with Crippen LogP contribution in [0.25, 0.3) is 0 Å². The lowest BCUT2D eigenvalue weighted by Gasteiger charge is -2.31. The molecule has 0 aliphatic carbocycles. The Hall–Kier alpha value is -1.39. The van der Waals surface area contributed by atoms with Crippen molar-refractivity contribution in [3.63, 3.8) is 0 Å². The predicted molar refractivity (Wildman–Crippen MR) is 83.3 cm³/mol. The number of halogens is 2. The highest BCUT2D eigenvalue weighted by Gasteiger charge is 2.28. The van der Waals surface area contributed by atoms with Gasteiger partial charge in [0.25, 0.3) is 0 Å². The maximum atomic E-state index is 13.2. The van der Waals surface area contributed by atoms with Crippen LogP contribution in [0, 0.1) is 12.7 Å². The van der Waals surface area contributed by atoms with Crippen molar-refractivity contribution in [1.29, 1.82) is 0 Å². The Labute approximate surface area is 126 Å². The zero-order chi connectivity index (χ0) is 14.8. The van der Waals surface area contributed by atoms with Gasteiger partial charge in [-0.1, -0.05) is 34.1 Å². The van der Waals surface area contributed by atoms with Gasteiger partial charge in [-0.15, -0.1) is 0 Å². The van der Waals surface area contributed by atoms with Gasteiger partial charge in [0.2, 0.25) is 0 Å². The first-order chi connectivity index (χ1) is 9.44. The molecule has 2 N–H and O–H groups in total. The molecule has 1 atom stereocenters. The molecule has 0 bridgehead atoms. The highest BCUT2D eigenvalue weighted by molar-refractivity contribution is 9.10. The van der Waals surface area contributed by atoms with E-state index in [0.29, 0.717) is 4.47 Å². The Bertz CT molecular complexity index is 617. The lowest BCUT2D eigenvalue weighted by molar-refractivity contribution is 0.223. The van der Waals surface area contributed by atoms with Crippen molar-refractivity contribution in [3.05, 3.63) is 63.9 Å². The number of hydrogen-bond acceptors (Lipinski definition) is 2. The second-order valence-corrected chi connectivity index (χ2v) is 5.96. The van der Waals surface area contributed by atoms with E-state index >= 15 is 0 Å². The average Bonchev–Trinajstić information content (AvgIpc) is 2.38. The first-order valence-corrected chi connectivity index (χ1v) is 7.15. The van der Waals surface area contributed by atoms with Gasteiger partial charge in [0.15, 0.2) is 0 Å². The normalized spacial score (nSPS) is 13.8. The van der Waals surface area contributed by atoms with Crippen LogP contribution < -0.4 is 5.32 Å². The fourth-order valence-electron chi connectivity index (χ4n) is 2.17. The van der Waals surface area contributed by atoms with Gasteiger partial charge in [-0.2, -0.15) is 0 Å². The highest BCUT2D eigenvalue weighted by atomic mass is 79.9. The molecule has 1 unspecified atom stereocenters. The predicted octanol–water partition coefficient (Wildman–Crippen LogP) is 4.22. The molecule has 20 heavy (non-hydrogen) atoms. The van der Waals surface area contributed by atoms with Crippen molar-refractivity contribution in [2.24, 2.45) is 0 Å². The average molecular weight is 338 g/mol. The van der Waals surface area contributed by atoms with E-state index in [1.54, 1.807) is 6.07 Å². The summed E-state index contributed by atoms with van der Waals surface area (Å²) >= 11 is 3.36. The van der Waals surface area contributed by atoms with Crippen LogP contribution in [0.2, 0.25) is 0 Å². The van der Waals surface area contributed by atoms with Crippen molar-refractivity contribution in [2.45, 2.75) is 19.4 Å². The van der Waals surface area contributed by atoms with Gasteiger partial charge in [0.05, 0.1) is 12.1 Å². The minimum atomic E-state index is -0.694. The molecule has 0 fully saturated rings. The summed E-state index contributed by atoms with van der Waals surface area (Å²) in [5, 5.41) is 13.1. The molecule has 0 spiro atoms. The van der Waals surface area contributed by atoms with Gasteiger partial charge in [0.1, 0.15) is 5.82 Å². The molecule has 0 aliphatic rings. The van der Waals surface area contributed by atoms with Gasteiger partial charge in [-0.3, -0.25) is 0 Å². The van der Waals surface area contributed by atoms with Crippen LogP contribution in [0.15, 0.2) is 46.9 Å². The van der Waals surface area contributed by atoms with Gasteiger partial charge in [-0.05, 0) is 49.2 Å². The summed E-state index contributed by atoms with van der Waals surface area (Å²) in [5.74, 6) is -0.309. The van der Waals surface area contributed by atoms with Crippen LogP contribution >= 0.6 is 15.9 Å². The Morgan fingerprint density at radius 1 is 1.25 bits per heavy atom. The quantitative estimate of drug-likeness (QED) is 0.875. The minimum absolute atomic E-state index is 0.106. The zero-order valence-corrected chi connectivity index (χ0v) is 13.0. The third kappa shape index (κ3) is 3.19. The van der Waals surface area contributed by atoms with Crippen LogP contribution in [0.5, 0.6) is 0 Å². The smallest absolute Gasteiger partial charge is 0.124 e. The number of nitrogens with one attached hydrogen (secondary N) is 1. The Kier molecular flexibility index (Phi) is 4.45. The molecule has 0 heterocycles. The number of rotatable bonds is 4. The van der Waals surface area contributed by atoms with Crippen molar-refractivity contribution < 1.29 is 9.50 Å². The van der Waals surface area contributed by atoms with E-state index in [-0.39, 0.29) is 12.4 Å². The van der Waals surface area contributed by atoms with Crippen molar-refractivity contribution in [3.8, 4) is 0 Å². The van der Waals surface area contributed by atoms with Gasteiger partial charge in [-0.25, -0.2) is 4.39 Å². The molecule has 0 saturated carbocycles. The second kappa shape index (κ2) is 5.94. The second-order valence-electron chi connectivity index (χ2n) is 5.11. The number of anilines is 1. The monoisotopic (exact) mass is 337 g/mol. The van der Waals surface area contributed by atoms with E-state index in [1.807, 2.05) is 38.1 Å². The summed E-state index contributed by atoms with van der Waals surface area (Å²) in [6.45, 7) is 3.79. The Morgan fingerprint density at radius 3 is 2.60 bits per heavy atom. The summed E-state index contributed by atoms with van der Waals surface area (Å²) < 4.78 is 13.8. The molecular formula is C16H17BrFNO. The summed E-state index contributed by atoms with van der Waals surface area (Å²) in [5.41, 5.74) is 2.16. The van der Waals surface area contributed by atoms with Crippen LogP contribution in [0.4, 0.5) is 10.1 Å². The molecule has 106 valence electrons. The summed E-state index contributed by atoms with van der Waals surface area (Å²) in [6, 6.07) is 12.4. The van der Waals surface area contributed by atoms with Crippen molar-refractivity contribution in [1.82, 2.24) is 0 Å². The standard InChI is InChI=1S/C16H17BrFNO/c1-11-4-3-5-13(8-11)19-16(2,10-20)14-7-6-12(18)9-15(14)17/h3-9,19-20H,10H2,1-2H3. The molecule has 2 nitrogen and oxygen atoms in total. The minimum Gasteiger partial charge on any atom is -0.394 e. The third-order valence-corrected chi connectivity index (χ3v) is 3.94. The number of aryl methyl sites for hydroxylation is 1. The first-order valence-electron chi connectivity index (χ1n) is 6.36. The van der Waals surface area contributed by atoms with Gasteiger partial charge >= 0.3 is 0 Å². The van der Waals surface area contributed by atoms with Gasteiger partial charge in [0, 0.05) is 10.2 Å². The number of aliphatic hydroxyl groups excluding tert-OH is 1. The van der Waals surface area contributed by atoms with Crippen molar-refractivity contribution >= 4 is 21.6 Å². The molecular weight excluding hydrogens is 321 g/mol. The zero-order valence-electron chi connectivity index (χ0n) is 11.5. The SMILES string of the molecule is Cc1cccc(NC(C)(CO)c2ccc(F)cc2Br)c1. The van der Waals surface area contributed by atoms with Crippen LogP contribution in [0.1, 0.15) is 18.1 Å². The molecule has 0 radical (unpaired) electrons. The molecule has 2 rings (SSSR count). The number of hydrogen-bond donors (Lipinski definition) is 2. The molecule has 0 amide bonds. The highest BCUT2D eigenvalue weighted by Crippen LogP contribution is 2.32. The maximum absolute atomic E-state index is 13.2. The van der Waals surface area contributed by atoms with E-state index in [1.165, 1.54) is 12.1 Å². The lowest BCUT2D eigenvalue weighted by atomic mass is 9.92. The van der Waals surface area contributed by atoms with Gasteiger partial charge < -0.3 is 10.4 Å². The van der Waals surface area contributed by atoms with Crippen LogP contribution in [-0.2, 0) is 5.54 Å².